The van der Waals surface area contributed by atoms with Crippen molar-refractivity contribution in [2.24, 2.45) is 11.8 Å². The molecule has 0 unspecified atom stereocenters. The van der Waals surface area contributed by atoms with E-state index in [1.807, 2.05) is 4.90 Å². The van der Waals surface area contributed by atoms with Crippen molar-refractivity contribution in [1.82, 2.24) is 19.6 Å². The molecule has 6 nitrogen and oxygen atoms in total. The fourth-order valence-corrected chi connectivity index (χ4v) is 5.39. The van der Waals surface area contributed by atoms with E-state index in [1.165, 1.54) is 23.6 Å². The van der Waals surface area contributed by atoms with Crippen LogP contribution in [-0.2, 0) is 11.3 Å². The van der Waals surface area contributed by atoms with Gasteiger partial charge in [-0.1, -0.05) is 6.42 Å². The van der Waals surface area contributed by atoms with Gasteiger partial charge in [0, 0.05) is 30.9 Å². The fourth-order valence-electron chi connectivity index (χ4n) is 5.39. The Hall–Kier alpha value is -1.54. The number of likely N-dealkylation sites (tertiary alicyclic amines) is 1. The smallest absolute Gasteiger partial charge is 0.282 e. The van der Waals surface area contributed by atoms with Crippen LogP contribution in [0.4, 0.5) is 8.78 Å². The largest absolute Gasteiger partial charge is 0.395 e. The summed E-state index contributed by atoms with van der Waals surface area (Å²) in [7, 11) is 0. The zero-order chi connectivity index (χ0) is 19.1. The lowest BCUT2D eigenvalue weighted by atomic mass is 9.72. The third-order valence-corrected chi connectivity index (χ3v) is 6.67. The number of hydrogen-bond donors (Lipinski definition) is 1. The molecule has 4 heterocycles. The summed E-state index contributed by atoms with van der Waals surface area (Å²) >= 11 is 0. The lowest BCUT2D eigenvalue weighted by Crippen LogP contribution is -2.65. The summed E-state index contributed by atoms with van der Waals surface area (Å²) in [5.74, 6) is 0.645. The van der Waals surface area contributed by atoms with Gasteiger partial charge in [-0.05, 0) is 50.6 Å². The number of aliphatic hydroxyl groups excluding tert-OH is 1. The molecule has 1 amide bonds. The molecule has 4 rings (SSSR count). The molecular weight excluding hydrogens is 354 g/mol. The molecule has 1 N–H and O–H groups in total. The van der Waals surface area contributed by atoms with Crippen LogP contribution in [0.25, 0.3) is 0 Å². The van der Waals surface area contributed by atoms with Crippen LogP contribution in [0, 0.1) is 18.8 Å². The number of aromatic nitrogens is 2. The summed E-state index contributed by atoms with van der Waals surface area (Å²) in [6.45, 7) is 4.21. The number of alkyl halides is 2. The Bertz CT molecular complexity index is 681. The molecule has 0 spiro atoms. The van der Waals surface area contributed by atoms with Crippen molar-refractivity contribution in [2.75, 3.05) is 26.2 Å². The average Bonchev–Trinajstić information content (AvgIpc) is 3.03. The summed E-state index contributed by atoms with van der Waals surface area (Å²) in [5.41, 5.74) is 0.288. The van der Waals surface area contributed by atoms with Crippen LogP contribution in [0.15, 0.2) is 6.07 Å². The molecule has 3 saturated heterocycles. The molecule has 27 heavy (non-hydrogen) atoms. The average molecular weight is 382 g/mol. The standard InChI is InChI=1S/C19H28F2N4O2/c1-12-6-15(19(20)21)22-25(12)10-18(27)23-8-13-7-14(9-23)17(11-26)24-5-3-2-4-16(13)24/h6,13-14,16-17,19,26H,2-5,7-11H2,1H3/t13-,14+,16+,17+/m1/s1. The molecule has 1 aromatic heterocycles. The number of aliphatic hydroxyl groups is 1. The minimum Gasteiger partial charge on any atom is -0.395 e. The van der Waals surface area contributed by atoms with Gasteiger partial charge in [0.25, 0.3) is 6.43 Å². The van der Waals surface area contributed by atoms with E-state index in [2.05, 4.69) is 10.00 Å². The first-order valence-corrected chi connectivity index (χ1v) is 9.94. The molecule has 0 radical (unpaired) electrons. The molecule has 0 saturated carbocycles. The highest BCUT2D eigenvalue weighted by molar-refractivity contribution is 5.76. The van der Waals surface area contributed by atoms with E-state index >= 15 is 0 Å². The summed E-state index contributed by atoms with van der Waals surface area (Å²) in [6.07, 6.45) is 1.95. The number of hydrogen-bond acceptors (Lipinski definition) is 4. The zero-order valence-electron chi connectivity index (χ0n) is 15.7. The van der Waals surface area contributed by atoms with Gasteiger partial charge < -0.3 is 10.0 Å². The van der Waals surface area contributed by atoms with Crippen molar-refractivity contribution in [3.63, 3.8) is 0 Å². The van der Waals surface area contributed by atoms with Gasteiger partial charge in [0.2, 0.25) is 5.91 Å². The third-order valence-electron chi connectivity index (χ3n) is 6.67. The minimum absolute atomic E-state index is 0.00380. The molecular formula is C19H28F2N4O2. The number of amides is 1. The van der Waals surface area contributed by atoms with Gasteiger partial charge in [0.05, 0.1) is 6.61 Å². The Morgan fingerprint density at radius 1 is 1.33 bits per heavy atom. The zero-order valence-corrected chi connectivity index (χ0v) is 15.7. The van der Waals surface area contributed by atoms with Gasteiger partial charge in [0.1, 0.15) is 12.2 Å². The first-order chi connectivity index (χ1) is 13.0. The predicted octanol–water partition coefficient (Wildman–Crippen LogP) is 1.82. The maximum Gasteiger partial charge on any atom is 0.282 e. The number of rotatable bonds is 4. The highest BCUT2D eigenvalue weighted by Crippen LogP contribution is 2.41. The van der Waals surface area contributed by atoms with Crippen molar-refractivity contribution >= 4 is 5.91 Å². The lowest BCUT2D eigenvalue weighted by molar-refractivity contribution is -0.143. The van der Waals surface area contributed by atoms with Gasteiger partial charge >= 0.3 is 0 Å². The van der Waals surface area contributed by atoms with Crippen molar-refractivity contribution in [1.29, 1.82) is 0 Å². The summed E-state index contributed by atoms with van der Waals surface area (Å²) < 4.78 is 27.1. The molecule has 1 aromatic rings. The van der Waals surface area contributed by atoms with Crippen molar-refractivity contribution in [3.8, 4) is 0 Å². The van der Waals surface area contributed by atoms with Crippen molar-refractivity contribution < 1.29 is 18.7 Å². The van der Waals surface area contributed by atoms with Gasteiger partial charge in [-0.25, -0.2) is 8.78 Å². The van der Waals surface area contributed by atoms with Gasteiger partial charge in [0.15, 0.2) is 0 Å². The van der Waals surface area contributed by atoms with Crippen molar-refractivity contribution in [2.45, 2.75) is 57.7 Å². The number of nitrogens with zero attached hydrogens (tertiary/aromatic N) is 4. The molecule has 4 atom stereocenters. The van der Waals surface area contributed by atoms with Crippen LogP contribution in [0.2, 0.25) is 0 Å². The monoisotopic (exact) mass is 382 g/mol. The van der Waals surface area contributed by atoms with Crippen molar-refractivity contribution in [3.05, 3.63) is 17.5 Å². The number of carbonyl (C=O) groups is 1. The Kier molecular flexibility index (Phi) is 5.20. The molecule has 2 bridgehead atoms. The number of halogens is 2. The van der Waals surface area contributed by atoms with Crippen LogP contribution in [-0.4, -0.2) is 68.9 Å². The minimum atomic E-state index is -2.63. The first-order valence-electron chi connectivity index (χ1n) is 9.94. The number of carbonyl (C=O) groups excluding carboxylic acids is 1. The highest BCUT2D eigenvalue weighted by atomic mass is 19.3. The molecule has 3 fully saturated rings. The summed E-state index contributed by atoms with van der Waals surface area (Å²) in [5, 5.41) is 13.8. The molecule has 0 aromatic carbocycles. The number of aryl methyl sites for hydroxylation is 1. The highest BCUT2D eigenvalue weighted by Gasteiger charge is 2.47. The van der Waals surface area contributed by atoms with Crippen LogP contribution in [0.1, 0.15) is 43.5 Å². The van der Waals surface area contributed by atoms with E-state index in [0.29, 0.717) is 24.2 Å². The van der Waals surface area contributed by atoms with E-state index in [9.17, 15) is 18.7 Å². The Morgan fingerprint density at radius 2 is 2.11 bits per heavy atom. The van der Waals surface area contributed by atoms with Crippen LogP contribution >= 0.6 is 0 Å². The van der Waals surface area contributed by atoms with Gasteiger partial charge in [-0.15, -0.1) is 0 Å². The maximum absolute atomic E-state index is 12.9. The van der Waals surface area contributed by atoms with E-state index in [0.717, 1.165) is 25.9 Å². The molecule has 3 aliphatic rings. The molecule has 3 aliphatic heterocycles. The third kappa shape index (κ3) is 3.49. The van der Waals surface area contributed by atoms with Crippen LogP contribution in [0.5, 0.6) is 0 Å². The summed E-state index contributed by atoms with van der Waals surface area (Å²) in [4.78, 5) is 17.2. The van der Waals surface area contributed by atoms with Gasteiger partial charge in [-0.2, -0.15) is 5.10 Å². The second-order valence-corrected chi connectivity index (χ2v) is 8.27. The van der Waals surface area contributed by atoms with Crippen LogP contribution in [0.3, 0.4) is 0 Å². The lowest BCUT2D eigenvalue weighted by Gasteiger charge is -2.56. The van der Waals surface area contributed by atoms with Crippen LogP contribution < -0.4 is 0 Å². The molecule has 150 valence electrons. The van der Waals surface area contributed by atoms with Gasteiger partial charge in [-0.3, -0.25) is 14.4 Å². The summed E-state index contributed by atoms with van der Waals surface area (Å²) in [6, 6.07) is 1.91. The second kappa shape index (κ2) is 7.47. The normalized spacial score (nSPS) is 31.2. The quantitative estimate of drug-likeness (QED) is 0.863. The van der Waals surface area contributed by atoms with E-state index in [1.54, 1.807) is 6.92 Å². The van der Waals surface area contributed by atoms with E-state index in [4.69, 9.17) is 0 Å². The molecule has 8 heteroatoms. The first kappa shape index (κ1) is 18.8. The number of piperidine rings is 3. The Balaban J connectivity index is 1.48. The van der Waals surface area contributed by atoms with E-state index in [-0.39, 0.29) is 36.7 Å². The Labute approximate surface area is 158 Å². The second-order valence-electron chi connectivity index (χ2n) is 8.27. The maximum atomic E-state index is 12.9. The topological polar surface area (TPSA) is 61.6 Å². The SMILES string of the molecule is Cc1cc(C(F)F)nn1CC(=O)N1C[C@H]2C[C@@H](C1)[C@H](CO)N1CCCC[C@@H]21. The Morgan fingerprint density at radius 3 is 2.81 bits per heavy atom. The molecule has 0 aliphatic carbocycles. The number of fused-ring (bicyclic) bond motifs is 4. The fraction of sp³-hybridized carbons (Fsp3) is 0.789. The van der Waals surface area contributed by atoms with E-state index < -0.39 is 6.43 Å². The predicted molar refractivity (Wildman–Crippen MR) is 95.3 cm³/mol.